The van der Waals surface area contributed by atoms with Gasteiger partial charge in [0.2, 0.25) is 0 Å². The Hall–Kier alpha value is -1.49. The van der Waals surface area contributed by atoms with Crippen molar-refractivity contribution in [1.82, 2.24) is 9.97 Å². The van der Waals surface area contributed by atoms with E-state index in [1.807, 2.05) is 0 Å². The monoisotopic (exact) mass is 224 g/mol. The van der Waals surface area contributed by atoms with Crippen LogP contribution in [-0.2, 0) is 17.8 Å². The minimum absolute atomic E-state index is 0.170. The molecule has 0 saturated heterocycles. The molecule has 0 amide bonds. The summed E-state index contributed by atoms with van der Waals surface area (Å²) in [4.78, 5) is 19.0. The molecular formula is C11H16N2O3. The van der Waals surface area contributed by atoms with E-state index in [-0.39, 0.29) is 6.61 Å². The third-order valence-corrected chi connectivity index (χ3v) is 2.58. The fraction of sp³-hybridized carbons (Fsp3) is 0.545. The van der Waals surface area contributed by atoms with Crippen LogP contribution in [-0.4, -0.2) is 26.2 Å². The van der Waals surface area contributed by atoms with Crippen molar-refractivity contribution in [1.29, 1.82) is 0 Å². The maximum atomic E-state index is 10.9. The van der Waals surface area contributed by atoms with Crippen molar-refractivity contribution in [3.63, 3.8) is 0 Å². The first-order valence-electron chi connectivity index (χ1n) is 5.10. The number of carbonyl (C=O) groups is 1. The molecule has 0 saturated carbocycles. The van der Waals surface area contributed by atoms with Crippen molar-refractivity contribution in [2.24, 2.45) is 5.41 Å². The molecule has 88 valence electrons. The van der Waals surface area contributed by atoms with E-state index in [0.29, 0.717) is 24.2 Å². The molecule has 5 nitrogen and oxygen atoms in total. The van der Waals surface area contributed by atoms with Crippen LogP contribution in [0.2, 0.25) is 0 Å². The maximum Gasteiger partial charge on any atom is 0.309 e. The van der Waals surface area contributed by atoms with Crippen LogP contribution < -0.4 is 0 Å². The number of aryl methyl sites for hydroxylation is 1. The lowest BCUT2D eigenvalue weighted by Gasteiger charge is -2.18. The highest BCUT2D eigenvalue weighted by atomic mass is 16.4. The second kappa shape index (κ2) is 5.03. The van der Waals surface area contributed by atoms with Crippen molar-refractivity contribution in [3.05, 3.63) is 23.8 Å². The Bertz CT molecular complexity index is 377. The third-order valence-electron chi connectivity index (χ3n) is 2.58. The number of carboxylic acids is 1. The summed E-state index contributed by atoms with van der Waals surface area (Å²) in [6.45, 7) is 3.17. The van der Waals surface area contributed by atoms with E-state index in [2.05, 4.69) is 9.97 Å². The van der Waals surface area contributed by atoms with Gasteiger partial charge in [0, 0.05) is 12.4 Å². The first-order valence-corrected chi connectivity index (χ1v) is 5.10. The van der Waals surface area contributed by atoms with Gasteiger partial charge in [0.15, 0.2) is 0 Å². The molecule has 1 aromatic heterocycles. The summed E-state index contributed by atoms with van der Waals surface area (Å²) < 4.78 is 0. The molecule has 0 aromatic carbocycles. The Morgan fingerprint density at radius 1 is 1.31 bits per heavy atom. The van der Waals surface area contributed by atoms with Gasteiger partial charge >= 0.3 is 5.97 Å². The van der Waals surface area contributed by atoms with E-state index in [1.165, 1.54) is 6.20 Å². The van der Waals surface area contributed by atoms with E-state index in [0.717, 1.165) is 0 Å². The first kappa shape index (κ1) is 12.6. The lowest BCUT2D eigenvalue weighted by molar-refractivity contribution is -0.147. The van der Waals surface area contributed by atoms with Crippen LogP contribution >= 0.6 is 0 Å². The highest BCUT2D eigenvalue weighted by Crippen LogP contribution is 2.23. The molecular weight excluding hydrogens is 208 g/mol. The van der Waals surface area contributed by atoms with E-state index >= 15 is 0 Å². The van der Waals surface area contributed by atoms with Gasteiger partial charge in [-0.1, -0.05) is 0 Å². The molecule has 0 radical (unpaired) electrons. The molecule has 0 aliphatic heterocycles. The SMILES string of the molecule is CC(C)(CCc1nccnc1CO)C(=O)O. The maximum absolute atomic E-state index is 10.9. The molecule has 0 aliphatic rings. The quantitative estimate of drug-likeness (QED) is 0.780. The Morgan fingerprint density at radius 2 is 1.88 bits per heavy atom. The zero-order chi connectivity index (χ0) is 12.2. The van der Waals surface area contributed by atoms with Crippen LogP contribution in [0, 0.1) is 5.41 Å². The van der Waals surface area contributed by atoms with Crippen LogP contribution in [0.3, 0.4) is 0 Å². The summed E-state index contributed by atoms with van der Waals surface area (Å²) in [6, 6.07) is 0. The van der Waals surface area contributed by atoms with Crippen LogP contribution in [0.15, 0.2) is 12.4 Å². The Balaban J connectivity index is 2.71. The van der Waals surface area contributed by atoms with Gasteiger partial charge in [-0.2, -0.15) is 0 Å². The molecule has 5 heteroatoms. The van der Waals surface area contributed by atoms with Gasteiger partial charge < -0.3 is 10.2 Å². The van der Waals surface area contributed by atoms with Gasteiger partial charge in [-0.05, 0) is 26.7 Å². The van der Waals surface area contributed by atoms with E-state index < -0.39 is 11.4 Å². The smallest absolute Gasteiger partial charge is 0.309 e. The Labute approximate surface area is 94.2 Å². The van der Waals surface area contributed by atoms with Crippen molar-refractivity contribution >= 4 is 5.97 Å². The highest BCUT2D eigenvalue weighted by molar-refractivity contribution is 5.73. The number of aliphatic carboxylic acids is 1. The molecule has 0 bridgehead atoms. The topological polar surface area (TPSA) is 83.3 Å². The number of carboxylic acid groups (broad SMARTS) is 1. The molecule has 16 heavy (non-hydrogen) atoms. The van der Waals surface area contributed by atoms with Gasteiger partial charge in [0.1, 0.15) is 0 Å². The predicted molar refractivity (Wildman–Crippen MR) is 57.7 cm³/mol. The number of hydrogen-bond acceptors (Lipinski definition) is 4. The van der Waals surface area contributed by atoms with Gasteiger partial charge in [-0.3, -0.25) is 14.8 Å². The number of aromatic nitrogens is 2. The molecule has 0 spiro atoms. The van der Waals surface area contributed by atoms with Crippen molar-refractivity contribution in [3.8, 4) is 0 Å². The summed E-state index contributed by atoms with van der Waals surface area (Å²) in [6.07, 6.45) is 4.02. The summed E-state index contributed by atoms with van der Waals surface area (Å²) in [5.41, 5.74) is 0.396. The zero-order valence-corrected chi connectivity index (χ0v) is 9.47. The van der Waals surface area contributed by atoms with Gasteiger partial charge in [0.25, 0.3) is 0 Å². The summed E-state index contributed by atoms with van der Waals surface area (Å²) in [5.74, 6) is -0.832. The average molecular weight is 224 g/mol. The van der Waals surface area contributed by atoms with E-state index in [9.17, 15) is 4.79 Å². The summed E-state index contributed by atoms with van der Waals surface area (Å²) in [5, 5.41) is 18.0. The fourth-order valence-electron chi connectivity index (χ4n) is 1.27. The lowest BCUT2D eigenvalue weighted by atomic mass is 9.87. The number of nitrogens with zero attached hydrogens (tertiary/aromatic N) is 2. The van der Waals surface area contributed by atoms with E-state index in [1.54, 1.807) is 20.0 Å². The summed E-state index contributed by atoms with van der Waals surface area (Å²) >= 11 is 0. The molecule has 2 N–H and O–H groups in total. The van der Waals surface area contributed by atoms with Crippen molar-refractivity contribution in [2.75, 3.05) is 0 Å². The molecule has 1 heterocycles. The lowest BCUT2D eigenvalue weighted by Crippen LogP contribution is -2.24. The zero-order valence-electron chi connectivity index (χ0n) is 9.47. The molecule has 0 unspecified atom stereocenters. The number of hydrogen-bond donors (Lipinski definition) is 2. The second-order valence-corrected chi connectivity index (χ2v) is 4.30. The standard InChI is InChI=1S/C11H16N2O3/c1-11(2,10(15)16)4-3-8-9(7-14)13-6-5-12-8/h5-6,14H,3-4,7H2,1-2H3,(H,15,16). The van der Waals surface area contributed by atoms with Crippen molar-refractivity contribution in [2.45, 2.75) is 33.3 Å². The van der Waals surface area contributed by atoms with Crippen LogP contribution in [0.5, 0.6) is 0 Å². The van der Waals surface area contributed by atoms with Crippen LogP contribution in [0.4, 0.5) is 0 Å². The normalized spacial score (nSPS) is 11.4. The highest BCUT2D eigenvalue weighted by Gasteiger charge is 2.27. The Kier molecular flexibility index (Phi) is 3.95. The number of aliphatic hydroxyl groups excluding tert-OH is 1. The third kappa shape index (κ3) is 3.00. The fourth-order valence-corrected chi connectivity index (χ4v) is 1.27. The molecule has 0 aliphatic carbocycles. The minimum Gasteiger partial charge on any atom is -0.481 e. The van der Waals surface area contributed by atoms with Gasteiger partial charge in [-0.25, -0.2) is 0 Å². The van der Waals surface area contributed by atoms with Gasteiger partial charge in [0.05, 0.1) is 23.4 Å². The Morgan fingerprint density at radius 3 is 2.38 bits per heavy atom. The summed E-state index contributed by atoms with van der Waals surface area (Å²) in [7, 11) is 0. The molecule has 0 atom stereocenters. The van der Waals surface area contributed by atoms with Crippen molar-refractivity contribution < 1.29 is 15.0 Å². The van der Waals surface area contributed by atoms with Crippen LogP contribution in [0.1, 0.15) is 31.7 Å². The van der Waals surface area contributed by atoms with E-state index in [4.69, 9.17) is 10.2 Å². The molecule has 1 rings (SSSR count). The number of rotatable bonds is 5. The van der Waals surface area contributed by atoms with Gasteiger partial charge in [-0.15, -0.1) is 0 Å². The number of aliphatic hydroxyl groups is 1. The first-order chi connectivity index (χ1) is 7.47. The average Bonchev–Trinajstić information content (AvgIpc) is 2.26. The second-order valence-electron chi connectivity index (χ2n) is 4.30. The minimum atomic E-state index is -0.832. The predicted octanol–water partition coefficient (Wildman–Crippen LogP) is 1.01. The van der Waals surface area contributed by atoms with Crippen LogP contribution in [0.25, 0.3) is 0 Å². The largest absolute Gasteiger partial charge is 0.481 e. The molecule has 1 aromatic rings. The molecule has 0 fully saturated rings.